The van der Waals surface area contributed by atoms with Gasteiger partial charge in [0.15, 0.2) is 0 Å². The third-order valence-electron chi connectivity index (χ3n) is 1.93. The van der Waals surface area contributed by atoms with E-state index in [1.807, 2.05) is 0 Å². The highest BCUT2D eigenvalue weighted by molar-refractivity contribution is 7.86. The van der Waals surface area contributed by atoms with Crippen molar-refractivity contribution in [2.45, 2.75) is 4.90 Å². The zero-order valence-electron chi connectivity index (χ0n) is 9.40. The van der Waals surface area contributed by atoms with Gasteiger partial charge in [-0.15, -0.1) is 0 Å². The minimum Gasteiger partial charge on any atom is -0.478 e. The minimum atomic E-state index is -4.43. The van der Waals surface area contributed by atoms with Crippen molar-refractivity contribution in [3.8, 4) is 0 Å². The quantitative estimate of drug-likeness (QED) is 0.348. The zero-order chi connectivity index (χ0) is 14.6. The third kappa shape index (κ3) is 4.41. The standard InChI is InChI=1S/C10H10N2O6S/c11-7-5-6(1-2-8(7)19(16,17)18)12-9(13)3-4-10(14)15/h1-5H,11H2,(H,12,13)(H,14,15)(H,16,17,18). The highest BCUT2D eigenvalue weighted by Crippen LogP contribution is 2.22. The minimum absolute atomic E-state index is 0.157. The molecule has 5 N–H and O–H groups in total. The summed E-state index contributed by atoms with van der Waals surface area (Å²) in [4.78, 5) is 20.9. The van der Waals surface area contributed by atoms with Gasteiger partial charge in [-0.3, -0.25) is 9.35 Å². The Kier molecular flexibility index (Phi) is 4.25. The lowest BCUT2D eigenvalue weighted by atomic mass is 10.3. The molecule has 9 heteroatoms. The molecule has 0 radical (unpaired) electrons. The maximum absolute atomic E-state index is 11.2. The zero-order valence-corrected chi connectivity index (χ0v) is 10.2. The molecule has 1 aromatic carbocycles. The van der Waals surface area contributed by atoms with E-state index in [0.29, 0.717) is 6.08 Å². The van der Waals surface area contributed by atoms with Crippen LogP contribution in [0.25, 0.3) is 0 Å². The van der Waals surface area contributed by atoms with Crippen molar-refractivity contribution in [3.05, 3.63) is 30.4 Å². The second-order valence-corrected chi connectivity index (χ2v) is 4.78. The Balaban J connectivity index is 2.91. The SMILES string of the molecule is Nc1cc(NC(=O)C=CC(=O)O)ccc1S(=O)(=O)O. The van der Waals surface area contributed by atoms with Crippen LogP contribution in [0.15, 0.2) is 35.2 Å². The second kappa shape index (κ2) is 5.50. The molecule has 1 aromatic rings. The van der Waals surface area contributed by atoms with Gasteiger partial charge >= 0.3 is 5.97 Å². The van der Waals surface area contributed by atoms with Crippen LogP contribution in [0.2, 0.25) is 0 Å². The highest BCUT2D eigenvalue weighted by atomic mass is 32.2. The summed E-state index contributed by atoms with van der Waals surface area (Å²) in [5.74, 6) is -2.00. The van der Waals surface area contributed by atoms with Gasteiger partial charge in [0.2, 0.25) is 5.91 Å². The van der Waals surface area contributed by atoms with E-state index in [-0.39, 0.29) is 11.4 Å². The van der Waals surface area contributed by atoms with Gasteiger partial charge in [-0.25, -0.2) is 4.79 Å². The van der Waals surface area contributed by atoms with Gasteiger partial charge in [-0.05, 0) is 18.2 Å². The summed E-state index contributed by atoms with van der Waals surface area (Å²) in [6.07, 6.45) is 1.43. The molecule has 8 nitrogen and oxygen atoms in total. The van der Waals surface area contributed by atoms with Crippen molar-refractivity contribution in [2.75, 3.05) is 11.1 Å². The molecule has 0 bridgehead atoms. The highest BCUT2D eigenvalue weighted by Gasteiger charge is 2.14. The van der Waals surface area contributed by atoms with E-state index >= 15 is 0 Å². The Hall–Kier alpha value is -2.39. The molecular formula is C10H10N2O6S. The number of anilines is 2. The first-order valence-corrected chi connectivity index (χ1v) is 6.23. The molecule has 0 fully saturated rings. The van der Waals surface area contributed by atoms with Gasteiger partial charge in [0.25, 0.3) is 10.1 Å². The van der Waals surface area contributed by atoms with Gasteiger partial charge in [-0.2, -0.15) is 8.42 Å². The van der Waals surface area contributed by atoms with Crippen LogP contribution in [-0.2, 0) is 19.7 Å². The Morgan fingerprint density at radius 3 is 2.37 bits per heavy atom. The van der Waals surface area contributed by atoms with E-state index in [0.717, 1.165) is 18.2 Å². The Labute approximate surface area is 108 Å². The van der Waals surface area contributed by atoms with Crippen molar-refractivity contribution in [1.29, 1.82) is 0 Å². The monoisotopic (exact) mass is 286 g/mol. The normalized spacial score (nSPS) is 11.4. The lowest BCUT2D eigenvalue weighted by molar-refractivity contribution is -0.131. The molecule has 0 aromatic heterocycles. The fraction of sp³-hybridized carbons (Fsp3) is 0. The van der Waals surface area contributed by atoms with E-state index in [2.05, 4.69) is 5.32 Å². The number of carboxylic acids is 1. The third-order valence-corrected chi connectivity index (χ3v) is 2.86. The summed E-state index contributed by atoms with van der Waals surface area (Å²) in [5.41, 5.74) is 5.31. The van der Waals surface area contributed by atoms with Gasteiger partial charge in [0.05, 0.1) is 5.69 Å². The second-order valence-electron chi connectivity index (χ2n) is 3.39. The summed E-state index contributed by atoms with van der Waals surface area (Å²) < 4.78 is 30.6. The first-order chi connectivity index (χ1) is 8.70. The van der Waals surface area contributed by atoms with Crippen LogP contribution in [0.5, 0.6) is 0 Å². The van der Waals surface area contributed by atoms with E-state index < -0.39 is 26.9 Å². The molecule has 0 saturated heterocycles. The van der Waals surface area contributed by atoms with Gasteiger partial charge in [-0.1, -0.05) is 0 Å². The fourth-order valence-corrected chi connectivity index (χ4v) is 1.79. The lowest BCUT2D eigenvalue weighted by Crippen LogP contribution is -2.10. The molecule has 0 atom stereocenters. The first kappa shape index (κ1) is 14.7. The summed E-state index contributed by atoms with van der Waals surface area (Å²) in [6, 6.07) is 3.34. The van der Waals surface area contributed by atoms with Crippen molar-refractivity contribution in [2.24, 2.45) is 0 Å². The van der Waals surface area contributed by atoms with Crippen molar-refractivity contribution >= 4 is 33.4 Å². The van der Waals surface area contributed by atoms with Gasteiger partial charge in [0, 0.05) is 17.8 Å². The number of hydrogen-bond donors (Lipinski definition) is 4. The number of carbonyl (C=O) groups excluding carboxylic acids is 1. The Morgan fingerprint density at radius 1 is 1.26 bits per heavy atom. The number of nitrogens with two attached hydrogens (primary N) is 1. The van der Waals surface area contributed by atoms with E-state index in [4.69, 9.17) is 15.4 Å². The van der Waals surface area contributed by atoms with Gasteiger partial charge in [0.1, 0.15) is 4.90 Å². The molecule has 19 heavy (non-hydrogen) atoms. The number of aliphatic carboxylic acids is 1. The van der Waals surface area contributed by atoms with Crippen molar-refractivity contribution in [1.82, 2.24) is 0 Å². The van der Waals surface area contributed by atoms with Crippen LogP contribution in [0, 0.1) is 0 Å². The summed E-state index contributed by atoms with van der Waals surface area (Å²) in [7, 11) is -4.43. The predicted molar refractivity (Wildman–Crippen MR) is 66.1 cm³/mol. The van der Waals surface area contributed by atoms with Crippen LogP contribution >= 0.6 is 0 Å². The average Bonchev–Trinajstić information content (AvgIpc) is 2.24. The molecule has 0 heterocycles. The molecule has 0 aliphatic rings. The van der Waals surface area contributed by atoms with Gasteiger partial charge < -0.3 is 16.2 Å². The van der Waals surface area contributed by atoms with E-state index in [1.54, 1.807) is 0 Å². The van der Waals surface area contributed by atoms with Crippen molar-refractivity contribution < 1.29 is 27.7 Å². The molecule has 0 aliphatic carbocycles. The summed E-state index contributed by atoms with van der Waals surface area (Å²) >= 11 is 0. The molecule has 1 amide bonds. The number of carboxylic acid groups (broad SMARTS) is 1. The molecule has 0 spiro atoms. The van der Waals surface area contributed by atoms with Crippen LogP contribution in [-0.4, -0.2) is 30.0 Å². The summed E-state index contributed by atoms with van der Waals surface area (Å²) in [6.45, 7) is 0. The summed E-state index contributed by atoms with van der Waals surface area (Å²) in [5, 5.41) is 10.6. The topological polar surface area (TPSA) is 147 Å². The van der Waals surface area contributed by atoms with E-state index in [1.165, 1.54) is 6.07 Å². The largest absolute Gasteiger partial charge is 0.478 e. The maximum Gasteiger partial charge on any atom is 0.328 e. The van der Waals surface area contributed by atoms with Crippen LogP contribution in [0.1, 0.15) is 0 Å². The fourth-order valence-electron chi connectivity index (χ4n) is 1.19. The molecule has 0 saturated carbocycles. The molecule has 0 unspecified atom stereocenters. The number of nitrogens with one attached hydrogen (secondary N) is 1. The number of rotatable bonds is 4. The smallest absolute Gasteiger partial charge is 0.328 e. The predicted octanol–water partition coefficient (Wildman–Crippen LogP) is 0.0948. The number of hydrogen-bond acceptors (Lipinski definition) is 5. The van der Waals surface area contributed by atoms with Crippen LogP contribution in [0.4, 0.5) is 11.4 Å². The number of amides is 1. The average molecular weight is 286 g/mol. The lowest BCUT2D eigenvalue weighted by Gasteiger charge is -2.06. The molecule has 0 aliphatic heterocycles. The Bertz CT molecular complexity index is 650. The van der Waals surface area contributed by atoms with Crippen molar-refractivity contribution in [3.63, 3.8) is 0 Å². The molecular weight excluding hydrogens is 276 g/mol. The first-order valence-electron chi connectivity index (χ1n) is 4.79. The number of benzene rings is 1. The number of carbonyl (C=O) groups is 2. The van der Waals surface area contributed by atoms with Crippen LogP contribution < -0.4 is 11.1 Å². The maximum atomic E-state index is 11.2. The Morgan fingerprint density at radius 2 is 1.89 bits per heavy atom. The molecule has 1 rings (SSSR count). The van der Waals surface area contributed by atoms with Crippen LogP contribution in [0.3, 0.4) is 0 Å². The molecule has 102 valence electrons. The van der Waals surface area contributed by atoms with E-state index in [9.17, 15) is 18.0 Å². The number of nitrogen functional groups attached to an aromatic ring is 1.